The lowest BCUT2D eigenvalue weighted by molar-refractivity contribution is 0.0130. The molecule has 0 aliphatic rings. The average molecular weight is 320 g/mol. The number of hydrogen-bond acceptors (Lipinski definition) is 5. The van der Waals surface area contributed by atoms with Crippen molar-refractivity contribution in [2.75, 3.05) is 46.2 Å². The quantitative estimate of drug-likeness (QED) is 0.327. The maximum atomic E-state index is 10.1. The molecule has 0 atom stereocenters. The van der Waals surface area contributed by atoms with Crippen molar-refractivity contribution >= 4 is 6.16 Å². The second-order valence-electron chi connectivity index (χ2n) is 5.07. The lowest BCUT2D eigenvalue weighted by Gasteiger charge is -2.07. The van der Waals surface area contributed by atoms with E-state index in [4.69, 9.17) is 19.3 Å². The molecule has 0 aromatic rings. The van der Waals surface area contributed by atoms with Crippen LogP contribution in [0.2, 0.25) is 0 Å². The van der Waals surface area contributed by atoms with Gasteiger partial charge in [-0.2, -0.15) is 0 Å². The number of ether oxygens (including phenoxy) is 4. The second-order valence-corrected chi connectivity index (χ2v) is 5.07. The maximum Gasteiger partial charge on any atom is 0.505 e. The standard InChI is InChI=1S/C16H32O6/c1-2-3-4-6-9-19-12-14-21-15-13-20-10-7-5-8-11-22-16(17)18/h2-15H2,1H3,(H,17,18). The van der Waals surface area contributed by atoms with Gasteiger partial charge in [-0.3, -0.25) is 0 Å². The third kappa shape index (κ3) is 19.1. The van der Waals surface area contributed by atoms with E-state index >= 15 is 0 Å². The molecule has 132 valence electrons. The molecule has 0 fully saturated rings. The van der Waals surface area contributed by atoms with Crippen molar-refractivity contribution in [3.8, 4) is 0 Å². The second kappa shape index (κ2) is 18.2. The Bertz CT molecular complexity index is 235. The van der Waals surface area contributed by atoms with Gasteiger partial charge in [0.05, 0.1) is 33.0 Å². The largest absolute Gasteiger partial charge is 0.505 e. The highest BCUT2D eigenvalue weighted by molar-refractivity contribution is 5.56. The highest BCUT2D eigenvalue weighted by Gasteiger charge is 1.96. The minimum Gasteiger partial charge on any atom is -0.450 e. The molecule has 0 spiro atoms. The molecule has 0 aromatic carbocycles. The molecule has 0 aromatic heterocycles. The Morgan fingerprint density at radius 2 is 1.14 bits per heavy atom. The summed E-state index contributed by atoms with van der Waals surface area (Å²) in [6.07, 6.45) is 6.25. The van der Waals surface area contributed by atoms with Gasteiger partial charge in [-0.1, -0.05) is 26.2 Å². The lowest BCUT2D eigenvalue weighted by atomic mass is 10.2. The Morgan fingerprint density at radius 3 is 1.64 bits per heavy atom. The first-order valence-electron chi connectivity index (χ1n) is 8.36. The van der Waals surface area contributed by atoms with Crippen molar-refractivity contribution in [3.63, 3.8) is 0 Å². The summed E-state index contributed by atoms with van der Waals surface area (Å²) in [5.74, 6) is 0. The minimum atomic E-state index is -1.21. The third-order valence-corrected chi connectivity index (χ3v) is 3.04. The molecule has 1 N–H and O–H groups in total. The van der Waals surface area contributed by atoms with E-state index in [0.717, 1.165) is 32.3 Å². The zero-order valence-electron chi connectivity index (χ0n) is 13.9. The van der Waals surface area contributed by atoms with Crippen LogP contribution in [0.1, 0.15) is 51.9 Å². The van der Waals surface area contributed by atoms with Crippen LogP contribution in [0, 0.1) is 0 Å². The van der Waals surface area contributed by atoms with Crippen molar-refractivity contribution in [2.45, 2.75) is 51.9 Å². The predicted molar refractivity (Wildman–Crippen MR) is 84.4 cm³/mol. The monoisotopic (exact) mass is 320 g/mol. The van der Waals surface area contributed by atoms with Crippen molar-refractivity contribution < 1.29 is 28.8 Å². The summed E-state index contributed by atoms with van der Waals surface area (Å²) in [6, 6.07) is 0. The summed E-state index contributed by atoms with van der Waals surface area (Å²) in [6.45, 7) is 6.39. The molecule has 0 unspecified atom stereocenters. The highest BCUT2D eigenvalue weighted by Crippen LogP contribution is 1.99. The molecular formula is C16H32O6. The van der Waals surface area contributed by atoms with E-state index in [2.05, 4.69) is 11.7 Å². The summed E-state index contributed by atoms with van der Waals surface area (Å²) >= 11 is 0. The fourth-order valence-electron chi connectivity index (χ4n) is 1.82. The fourth-order valence-corrected chi connectivity index (χ4v) is 1.82. The first-order valence-corrected chi connectivity index (χ1v) is 8.36. The lowest BCUT2D eigenvalue weighted by Crippen LogP contribution is -2.10. The van der Waals surface area contributed by atoms with E-state index in [9.17, 15) is 4.79 Å². The van der Waals surface area contributed by atoms with Crippen LogP contribution >= 0.6 is 0 Å². The van der Waals surface area contributed by atoms with Crippen molar-refractivity contribution in [1.82, 2.24) is 0 Å². The van der Waals surface area contributed by atoms with Crippen molar-refractivity contribution in [2.24, 2.45) is 0 Å². The molecule has 0 radical (unpaired) electrons. The highest BCUT2D eigenvalue weighted by atomic mass is 16.7. The number of unbranched alkanes of at least 4 members (excludes halogenated alkanes) is 5. The summed E-state index contributed by atoms with van der Waals surface area (Å²) < 4.78 is 20.7. The van der Waals surface area contributed by atoms with Crippen molar-refractivity contribution in [3.05, 3.63) is 0 Å². The average Bonchev–Trinajstić information content (AvgIpc) is 2.50. The molecular weight excluding hydrogens is 288 g/mol. The predicted octanol–water partition coefficient (Wildman–Crippen LogP) is 3.48. The molecule has 0 heterocycles. The van der Waals surface area contributed by atoms with Crippen LogP contribution in [0.5, 0.6) is 0 Å². The van der Waals surface area contributed by atoms with Crippen LogP contribution < -0.4 is 0 Å². The van der Waals surface area contributed by atoms with Gasteiger partial charge in [0, 0.05) is 13.2 Å². The van der Waals surface area contributed by atoms with Gasteiger partial charge in [-0.25, -0.2) is 4.79 Å². The van der Waals surface area contributed by atoms with E-state index in [1.54, 1.807) is 0 Å². The Hall–Kier alpha value is -0.850. The minimum absolute atomic E-state index is 0.261. The van der Waals surface area contributed by atoms with E-state index in [-0.39, 0.29) is 6.61 Å². The fraction of sp³-hybridized carbons (Fsp3) is 0.938. The molecule has 0 saturated carbocycles. The summed E-state index contributed by atoms with van der Waals surface area (Å²) in [4.78, 5) is 10.1. The summed E-state index contributed by atoms with van der Waals surface area (Å²) in [7, 11) is 0. The first-order chi connectivity index (χ1) is 10.8. The molecule has 22 heavy (non-hydrogen) atoms. The molecule has 0 aliphatic heterocycles. The van der Waals surface area contributed by atoms with Gasteiger partial charge in [0.15, 0.2) is 0 Å². The summed E-state index contributed by atoms with van der Waals surface area (Å²) in [5, 5.41) is 8.27. The summed E-state index contributed by atoms with van der Waals surface area (Å²) in [5.41, 5.74) is 0. The topological polar surface area (TPSA) is 74.2 Å². The van der Waals surface area contributed by atoms with Gasteiger partial charge in [0.2, 0.25) is 0 Å². The van der Waals surface area contributed by atoms with Crippen LogP contribution in [0.25, 0.3) is 0 Å². The number of rotatable bonds is 17. The zero-order chi connectivity index (χ0) is 16.3. The van der Waals surface area contributed by atoms with Crippen LogP contribution in [0.3, 0.4) is 0 Å². The number of carboxylic acid groups (broad SMARTS) is 1. The van der Waals surface area contributed by atoms with Gasteiger partial charge in [-0.15, -0.1) is 0 Å². The van der Waals surface area contributed by atoms with E-state index in [1.807, 2.05) is 0 Å². The van der Waals surface area contributed by atoms with Gasteiger partial charge in [0.25, 0.3) is 0 Å². The Kier molecular flexibility index (Phi) is 17.5. The normalized spacial score (nSPS) is 10.8. The van der Waals surface area contributed by atoms with Gasteiger partial charge < -0.3 is 24.1 Å². The molecule has 0 bridgehead atoms. The van der Waals surface area contributed by atoms with E-state index in [1.165, 1.54) is 19.3 Å². The molecule has 6 heteroatoms. The molecule has 0 rings (SSSR count). The van der Waals surface area contributed by atoms with Gasteiger partial charge in [0.1, 0.15) is 0 Å². The smallest absolute Gasteiger partial charge is 0.450 e. The first kappa shape index (κ1) is 21.1. The molecule has 0 amide bonds. The SMILES string of the molecule is CCCCCCOCCOCCOCCCCCOC(=O)O. The van der Waals surface area contributed by atoms with Gasteiger partial charge >= 0.3 is 6.16 Å². The maximum absolute atomic E-state index is 10.1. The zero-order valence-corrected chi connectivity index (χ0v) is 13.9. The van der Waals surface area contributed by atoms with E-state index < -0.39 is 6.16 Å². The molecule has 0 aliphatic carbocycles. The van der Waals surface area contributed by atoms with Crippen LogP contribution in [-0.4, -0.2) is 57.5 Å². The van der Waals surface area contributed by atoms with E-state index in [0.29, 0.717) is 33.0 Å². The van der Waals surface area contributed by atoms with Crippen LogP contribution in [-0.2, 0) is 18.9 Å². The third-order valence-electron chi connectivity index (χ3n) is 3.04. The van der Waals surface area contributed by atoms with Crippen LogP contribution in [0.4, 0.5) is 4.79 Å². The Labute approximate surface area is 134 Å². The molecule has 6 nitrogen and oxygen atoms in total. The van der Waals surface area contributed by atoms with Gasteiger partial charge in [-0.05, 0) is 25.7 Å². The molecule has 0 saturated heterocycles. The number of hydrogen-bond donors (Lipinski definition) is 1. The Morgan fingerprint density at radius 1 is 0.682 bits per heavy atom. The number of carbonyl (C=O) groups is 1. The Balaban J connectivity index is 2.95. The van der Waals surface area contributed by atoms with Crippen LogP contribution in [0.15, 0.2) is 0 Å². The van der Waals surface area contributed by atoms with Crippen molar-refractivity contribution in [1.29, 1.82) is 0 Å².